The van der Waals surface area contributed by atoms with E-state index in [4.69, 9.17) is 16.3 Å². The van der Waals surface area contributed by atoms with Gasteiger partial charge in [0.25, 0.3) is 0 Å². The van der Waals surface area contributed by atoms with Crippen LogP contribution in [0.3, 0.4) is 0 Å². The zero-order valence-corrected chi connectivity index (χ0v) is 19.1. The molecule has 1 aromatic heterocycles. The number of halogens is 2. The second kappa shape index (κ2) is 12.9. The van der Waals surface area contributed by atoms with Crippen LogP contribution in [0.25, 0.3) is 0 Å². The molecule has 0 aliphatic carbocycles. The lowest BCUT2D eigenvalue weighted by atomic mass is 10.2. The average molecular weight is 507 g/mol. The molecule has 9 heteroatoms. The van der Waals surface area contributed by atoms with Gasteiger partial charge in [-0.2, -0.15) is 0 Å². The van der Waals surface area contributed by atoms with Crippen LogP contribution in [0.15, 0.2) is 35.6 Å². The van der Waals surface area contributed by atoms with Crippen molar-refractivity contribution in [3.63, 3.8) is 0 Å². The monoisotopic (exact) mass is 506 g/mol. The van der Waals surface area contributed by atoms with E-state index in [1.807, 2.05) is 31.3 Å². The van der Waals surface area contributed by atoms with Gasteiger partial charge in [-0.15, -0.1) is 34.2 Å². The summed E-state index contributed by atoms with van der Waals surface area (Å²) in [7, 11) is 3.70. The van der Waals surface area contributed by atoms with Crippen molar-refractivity contribution < 1.29 is 4.74 Å². The zero-order valence-electron chi connectivity index (χ0n) is 16.1. The summed E-state index contributed by atoms with van der Waals surface area (Å²) in [6.45, 7) is 5.53. The Kier molecular flexibility index (Phi) is 11.3. The number of hydrogen-bond donors (Lipinski definition) is 1. The average Bonchev–Trinajstić information content (AvgIpc) is 3.10. The number of methoxy groups -OCH3 is 1. The number of ether oxygens (including phenoxy) is 1. The summed E-state index contributed by atoms with van der Waals surface area (Å²) in [5.74, 6) is 1.82. The van der Waals surface area contributed by atoms with Gasteiger partial charge in [-0.05, 0) is 17.7 Å². The van der Waals surface area contributed by atoms with Gasteiger partial charge in [-0.1, -0.05) is 30.7 Å². The molecular formula is C18H28ClIN6O. The molecule has 0 fully saturated rings. The van der Waals surface area contributed by atoms with Gasteiger partial charge in [0.15, 0.2) is 5.96 Å². The summed E-state index contributed by atoms with van der Waals surface area (Å²) in [4.78, 5) is 6.72. The van der Waals surface area contributed by atoms with Crippen molar-refractivity contribution in [1.29, 1.82) is 0 Å². The van der Waals surface area contributed by atoms with Gasteiger partial charge >= 0.3 is 0 Å². The Hall–Kier alpha value is -1.39. The van der Waals surface area contributed by atoms with E-state index in [0.29, 0.717) is 13.2 Å². The second-order valence-corrected chi connectivity index (χ2v) is 6.34. The number of aryl methyl sites for hydroxylation is 1. The summed E-state index contributed by atoms with van der Waals surface area (Å²) in [5.41, 5.74) is 1.17. The van der Waals surface area contributed by atoms with E-state index in [9.17, 15) is 0 Å². The molecule has 0 aliphatic heterocycles. The van der Waals surface area contributed by atoms with Gasteiger partial charge in [0.05, 0.1) is 13.2 Å². The molecule has 0 bridgehead atoms. The normalized spacial score (nSPS) is 11.2. The Balaban J connectivity index is 0.00000364. The van der Waals surface area contributed by atoms with Crippen LogP contribution in [0.1, 0.15) is 18.3 Å². The zero-order chi connectivity index (χ0) is 18.8. The lowest BCUT2D eigenvalue weighted by Gasteiger charge is -2.23. The molecule has 27 heavy (non-hydrogen) atoms. The quantitative estimate of drug-likeness (QED) is 0.245. The van der Waals surface area contributed by atoms with Crippen LogP contribution in [0, 0.1) is 0 Å². The minimum Gasteiger partial charge on any atom is -0.383 e. The maximum atomic E-state index is 5.96. The molecule has 1 heterocycles. The van der Waals surface area contributed by atoms with E-state index in [2.05, 4.69) is 36.9 Å². The number of benzene rings is 1. The molecule has 150 valence electrons. The maximum absolute atomic E-state index is 5.96. The van der Waals surface area contributed by atoms with Crippen molar-refractivity contribution in [1.82, 2.24) is 25.0 Å². The van der Waals surface area contributed by atoms with Gasteiger partial charge < -0.3 is 19.5 Å². The lowest BCUT2D eigenvalue weighted by Crippen LogP contribution is -2.40. The molecule has 0 radical (unpaired) electrons. The molecule has 2 rings (SSSR count). The molecule has 0 aliphatic rings. The molecule has 0 saturated carbocycles. The Morgan fingerprint density at radius 3 is 2.74 bits per heavy atom. The first kappa shape index (κ1) is 23.6. The van der Waals surface area contributed by atoms with Crippen LogP contribution in [-0.4, -0.2) is 59.5 Å². The van der Waals surface area contributed by atoms with Crippen molar-refractivity contribution in [3.05, 3.63) is 47.0 Å². The first-order chi connectivity index (χ1) is 12.6. The summed E-state index contributed by atoms with van der Waals surface area (Å²) >= 11 is 5.96. The van der Waals surface area contributed by atoms with Gasteiger partial charge in [-0.25, -0.2) is 0 Å². The Morgan fingerprint density at radius 1 is 1.33 bits per heavy atom. The Bertz CT molecular complexity index is 691. The van der Waals surface area contributed by atoms with Crippen molar-refractivity contribution >= 4 is 41.5 Å². The fraction of sp³-hybridized carbons (Fsp3) is 0.500. The van der Waals surface area contributed by atoms with Gasteiger partial charge in [0.2, 0.25) is 0 Å². The minimum atomic E-state index is 0. The van der Waals surface area contributed by atoms with Gasteiger partial charge in [0.1, 0.15) is 12.2 Å². The number of nitrogens with one attached hydrogen (secondary N) is 1. The number of aromatic nitrogens is 3. The van der Waals surface area contributed by atoms with Crippen LogP contribution in [0.5, 0.6) is 0 Å². The highest BCUT2D eigenvalue weighted by Crippen LogP contribution is 2.11. The lowest BCUT2D eigenvalue weighted by molar-refractivity contribution is 0.207. The SMILES string of the molecule is CCc1nncn1CCNC(=NCCOC)N(C)Cc1ccc(Cl)cc1.I. The molecule has 1 N–H and O–H groups in total. The van der Waals surface area contributed by atoms with Gasteiger partial charge in [-0.3, -0.25) is 4.99 Å². The molecule has 7 nitrogen and oxygen atoms in total. The van der Waals surface area contributed by atoms with Crippen molar-refractivity contribution in [2.24, 2.45) is 4.99 Å². The molecule has 1 aromatic carbocycles. The summed E-state index contributed by atoms with van der Waals surface area (Å²) in [6.07, 6.45) is 2.63. The smallest absolute Gasteiger partial charge is 0.194 e. The molecule has 0 amide bonds. The standard InChI is InChI=1S/C18H27ClN6O.HI/c1-4-17-23-22-14-25(17)11-9-20-18(21-10-12-26-3)24(2)13-15-5-7-16(19)8-6-15;/h5-8,14H,4,9-13H2,1-3H3,(H,20,21);1H. The largest absolute Gasteiger partial charge is 0.383 e. The van der Waals surface area contributed by atoms with Crippen LogP contribution in [-0.2, 0) is 24.2 Å². The first-order valence-corrected chi connectivity index (χ1v) is 9.11. The summed E-state index contributed by atoms with van der Waals surface area (Å²) < 4.78 is 7.16. The highest BCUT2D eigenvalue weighted by molar-refractivity contribution is 14.0. The third kappa shape index (κ3) is 8.02. The Labute approximate surface area is 183 Å². The molecule has 0 unspecified atom stereocenters. The molecule has 0 spiro atoms. The topological polar surface area (TPSA) is 67.6 Å². The third-order valence-corrected chi connectivity index (χ3v) is 4.15. The van der Waals surface area contributed by atoms with Crippen molar-refractivity contribution in [3.8, 4) is 0 Å². The predicted octanol–water partition coefficient (Wildman–Crippen LogP) is 2.84. The van der Waals surface area contributed by atoms with E-state index in [-0.39, 0.29) is 24.0 Å². The highest BCUT2D eigenvalue weighted by Gasteiger charge is 2.08. The molecular weight excluding hydrogens is 479 g/mol. The van der Waals surface area contributed by atoms with E-state index >= 15 is 0 Å². The summed E-state index contributed by atoms with van der Waals surface area (Å²) in [5, 5.41) is 12.2. The fourth-order valence-corrected chi connectivity index (χ4v) is 2.65. The van der Waals surface area contributed by atoms with Crippen LogP contribution < -0.4 is 5.32 Å². The van der Waals surface area contributed by atoms with Crippen molar-refractivity contribution in [2.45, 2.75) is 26.4 Å². The number of guanidine groups is 1. The van der Waals surface area contributed by atoms with Gasteiger partial charge in [0, 0.05) is 45.2 Å². The molecule has 0 atom stereocenters. The number of aliphatic imine (C=N–C) groups is 1. The molecule has 2 aromatic rings. The summed E-state index contributed by atoms with van der Waals surface area (Å²) in [6, 6.07) is 7.85. The van der Waals surface area contributed by atoms with Crippen LogP contribution in [0.2, 0.25) is 5.02 Å². The fourth-order valence-electron chi connectivity index (χ4n) is 2.52. The van der Waals surface area contributed by atoms with Crippen LogP contribution in [0.4, 0.5) is 0 Å². The van der Waals surface area contributed by atoms with E-state index in [1.54, 1.807) is 13.4 Å². The van der Waals surface area contributed by atoms with E-state index in [1.165, 1.54) is 5.56 Å². The van der Waals surface area contributed by atoms with E-state index in [0.717, 1.165) is 42.9 Å². The van der Waals surface area contributed by atoms with Crippen LogP contribution >= 0.6 is 35.6 Å². The predicted molar refractivity (Wildman–Crippen MR) is 120 cm³/mol. The highest BCUT2D eigenvalue weighted by atomic mass is 127. The van der Waals surface area contributed by atoms with Crippen molar-refractivity contribution in [2.75, 3.05) is 33.9 Å². The number of nitrogens with zero attached hydrogens (tertiary/aromatic N) is 5. The van der Waals surface area contributed by atoms with E-state index < -0.39 is 0 Å². The number of rotatable bonds is 9. The molecule has 0 saturated heterocycles. The Morgan fingerprint density at radius 2 is 2.07 bits per heavy atom. The maximum Gasteiger partial charge on any atom is 0.194 e. The first-order valence-electron chi connectivity index (χ1n) is 8.73. The number of hydrogen-bond acceptors (Lipinski definition) is 4. The minimum absolute atomic E-state index is 0. The third-order valence-electron chi connectivity index (χ3n) is 3.90. The second-order valence-electron chi connectivity index (χ2n) is 5.90.